The number of fused-ring (bicyclic) bond motifs is 1. The Labute approximate surface area is 175 Å². The largest absolute Gasteiger partial charge is 0.756 e. The number of carboxylic acids is 1. The summed E-state index contributed by atoms with van der Waals surface area (Å²) >= 11 is 0. The third-order valence-electron chi connectivity index (χ3n) is 5.81. The number of aliphatic hydroxyl groups excluding tert-OH is 2. The van der Waals surface area contributed by atoms with E-state index in [1.165, 1.54) is 12.3 Å². The van der Waals surface area contributed by atoms with Crippen molar-refractivity contribution in [2.24, 2.45) is 17.8 Å². The van der Waals surface area contributed by atoms with Crippen LogP contribution in [0.1, 0.15) is 12.6 Å². The predicted octanol–water partition coefficient (Wildman–Crippen LogP) is -1.78. The summed E-state index contributed by atoms with van der Waals surface area (Å²) in [5.41, 5.74) is 4.92. The number of nitrogen functional groups attached to an aromatic ring is 1. The van der Waals surface area contributed by atoms with Gasteiger partial charge in [-0.3, -0.25) is 9.13 Å². The van der Waals surface area contributed by atoms with E-state index >= 15 is 0 Å². The fourth-order valence-electron chi connectivity index (χ4n) is 4.05. The molecule has 4 unspecified atom stereocenters. The average molecular weight is 458 g/mol. The number of aliphatic hydroxyl groups is 2. The molecule has 0 radical (unpaired) electrons. The van der Waals surface area contributed by atoms with Gasteiger partial charge in [0.05, 0.1) is 13.2 Å². The number of carbonyl (C=O) groups is 1. The Balaban J connectivity index is 1.29. The number of rotatable bonds is 8. The van der Waals surface area contributed by atoms with Gasteiger partial charge in [0.2, 0.25) is 0 Å². The number of aliphatic carboxylic acids is 1. The van der Waals surface area contributed by atoms with Crippen LogP contribution in [0, 0.1) is 17.8 Å². The van der Waals surface area contributed by atoms with E-state index < -0.39 is 50.6 Å². The normalized spacial score (nSPS) is 36.0. The van der Waals surface area contributed by atoms with Gasteiger partial charge in [-0.2, -0.15) is 4.98 Å². The summed E-state index contributed by atoms with van der Waals surface area (Å²) in [4.78, 5) is 38.4. The van der Waals surface area contributed by atoms with Gasteiger partial charge in [-0.1, -0.05) is 6.08 Å². The summed E-state index contributed by atoms with van der Waals surface area (Å²) in [6.45, 7) is -0.793. The van der Waals surface area contributed by atoms with Gasteiger partial charge in [0.25, 0.3) is 7.82 Å². The molecule has 2 aliphatic carbocycles. The number of hydrogen-bond donors (Lipinski definition) is 4. The monoisotopic (exact) mass is 458 g/mol. The number of allylic oxidation sites excluding steroid dienone is 1. The smallest absolute Gasteiger partial charge is 0.351 e. The first-order chi connectivity index (χ1) is 14.6. The van der Waals surface area contributed by atoms with Gasteiger partial charge in [-0.05, 0) is 30.2 Å². The molecule has 1 saturated carbocycles. The van der Waals surface area contributed by atoms with Crippen LogP contribution in [0.25, 0.3) is 0 Å². The first-order valence-electron chi connectivity index (χ1n) is 9.48. The lowest BCUT2D eigenvalue weighted by Crippen LogP contribution is -2.36. The number of anilines is 1. The summed E-state index contributed by atoms with van der Waals surface area (Å²) in [6, 6.07) is 1.30. The second-order valence-electron chi connectivity index (χ2n) is 7.73. The third-order valence-corrected chi connectivity index (χ3v) is 6.74. The minimum Gasteiger partial charge on any atom is -0.756 e. The zero-order valence-corrected chi connectivity index (χ0v) is 16.9. The van der Waals surface area contributed by atoms with Crippen molar-refractivity contribution in [1.29, 1.82) is 0 Å². The fraction of sp³-hybridized carbons (Fsp3) is 0.588. The van der Waals surface area contributed by atoms with Crippen LogP contribution in [0.2, 0.25) is 0 Å². The van der Waals surface area contributed by atoms with Gasteiger partial charge in [0, 0.05) is 11.8 Å². The molecule has 2 fully saturated rings. The molecule has 0 bridgehead atoms. The first kappa shape index (κ1) is 22.1. The first-order valence-corrected chi connectivity index (χ1v) is 10.9. The molecule has 1 aromatic heterocycles. The van der Waals surface area contributed by atoms with Gasteiger partial charge < -0.3 is 39.7 Å². The molecule has 14 heteroatoms. The van der Waals surface area contributed by atoms with Crippen molar-refractivity contribution in [1.82, 2.24) is 9.55 Å². The van der Waals surface area contributed by atoms with E-state index in [0.717, 1.165) is 4.57 Å². The number of carboxylic acid groups (broad SMARTS) is 1. The van der Waals surface area contributed by atoms with E-state index in [1.54, 1.807) is 6.08 Å². The predicted molar refractivity (Wildman–Crippen MR) is 99.1 cm³/mol. The second-order valence-corrected chi connectivity index (χ2v) is 9.14. The number of aromatic nitrogens is 2. The third kappa shape index (κ3) is 4.44. The summed E-state index contributed by atoms with van der Waals surface area (Å²) in [5, 5.41) is 29.2. The maximum atomic E-state index is 12.0. The van der Waals surface area contributed by atoms with Gasteiger partial charge in [0.15, 0.2) is 6.23 Å². The Morgan fingerprint density at radius 2 is 2.06 bits per heavy atom. The van der Waals surface area contributed by atoms with Crippen LogP contribution in [0.4, 0.5) is 5.82 Å². The molecule has 0 aromatic carbocycles. The Kier molecular flexibility index (Phi) is 5.77. The van der Waals surface area contributed by atoms with E-state index in [-0.39, 0.29) is 30.2 Å². The van der Waals surface area contributed by atoms with Crippen molar-refractivity contribution < 1.29 is 43.4 Å². The minimum absolute atomic E-state index is 0.0196. The van der Waals surface area contributed by atoms with Gasteiger partial charge in [0.1, 0.15) is 24.1 Å². The zero-order chi connectivity index (χ0) is 22.5. The van der Waals surface area contributed by atoms with Crippen LogP contribution >= 0.6 is 7.82 Å². The molecule has 4 rings (SSSR count). The van der Waals surface area contributed by atoms with Crippen molar-refractivity contribution in [3.05, 3.63) is 34.4 Å². The number of nitrogens with zero attached hydrogens (tertiary/aromatic N) is 2. The number of nitrogens with two attached hydrogens (primary N) is 1. The van der Waals surface area contributed by atoms with E-state index in [1.807, 2.05) is 0 Å². The molecule has 13 nitrogen and oxygen atoms in total. The molecule has 31 heavy (non-hydrogen) atoms. The van der Waals surface area contributed by atoms with Crippen LogP contribution in [0.3, 0.4) is 0 Å². The summed E-state index contributed by atoms with van der Waals surface area (Å²) in [5.74, 6) is -1.08. The molecule has 8 atom stereocenters. The lowest BCUT2D eigenvalue weighted by molar-refractivity contribution is -0.229. The van der Waals surface area contributed by atoms with Gasteiger partial charge in [-0.25, -0.2) is 9.59 Å². The highest BCUT2D eigenvalue weighted by Crippen LogP contribution is 2.57. The Bertz CT molecular complexity index is 1010. The van der Waals surface area contributed by atoms with Gasteiger partial charge >= 0.3 is 11.7 Å². The summed E-state index contributed by atoms with van der Waals surface area (Å²) in [7, 11) is -4.74. The van der Waals surface area contributed by atoms with E-state index in [0.29, 0.717) is 12.0 Å². The average Bonchev–Trinajstić information content (AvgIpc) is 3.01. The molecule has 2 heterocycles. The van der Waals surface area contributed by atoms with E-state index in [2.05, 4.69) is 4.98 Å². The maximum Gasteiger partial charge on any atom is 0.351 e. The quantitative estimate of drug-likeness (QED) is 0.319. The Morgan fingerprint density at radius 3 is 2.68 bits per heavy atom. The van der Waals surface area contributed by atoms with E-state index in [9.17, 15) is 29.3 Å². The van der Waals surface area contributed by atoms with Crippen molar-refractivity contribution in [3.63, 3.8) is 0 Å². The molecule has 3 aliphatic rings. The number of hydrogen-bond acceptors (Lipinski definition) is 11. The Morgan fingerprint density at radius 1 is 1.35 bits per heavy atom. The maximum absolute atomic E-state index is 12.0. The molecule has 5 N–H and O–H groups in total. The lowest BCUT2D eigenvalue weighted by Gasteiger charge is -2.25. The molecule has 0 amide bonds. The lowest BCUT2D eigenvalue weighted by atomic mass is 10.1. The van der Waals surface area contributed by atoms with Gasteiger partial charge in [-0.15, -0.1) is 0 Å². The highest BCUT2D eigenvalue weighted by atomic mass is 31.2. The molecule has 0 spiro atoms. The second kappa shape index (κ2) is 8.10. The molecule has 170 valence electrons. The summed E-state index contributed by atoms with van der Waals surface area (Å²) in [6.07, 6.45) is -2.41. The molecular weight excluding hydrogens is 437 g/mol. The fourth-order valence-corrected chi connectivity index (χ4v) is 4.81. The number of phosphoric ester groups is 1. The van der Waals surface area contributed by atoms with Crippen LogP contribution in [0.15, 0.2) is 28.7 Å². The minimum atomic E-state index is -4.74. The standard InChI is InChI=1S/C17H22N3O10P/c18-12-1-2-20(17(25)19-12)15-14(22)13(21)11(30-15)6-29-31(26,27)28-5-10-8-3-7(16(23)24)4-9(8)10/h1-3,8-11,13-15,21-22H,4-6H2,(H,23,24)(H,26,27)(H2,18,19,25)/p-1/t8?,9?,10?,11-,13+,14+,15-/m1/s1. The Hall–Kier alpha value is -2.12. The number of ether oxygens (including phenoxy) is 1. The topological polar surface area (TPSA) is 206 Å². The molecule has 1 aromatic rings. The summed E-state index contributed by atoms with van der Waals surface area (Å²) < 4.78 is 28.0. The number of phosphoric acid groups is 1. The SMILES string of the molecule is Nc1ccn([C@@H]2O[C@H](COP(=O)([O-])OCC3C4C=C(C(=O)O)CC43)[C@H](O)[C@@H]2O)c(=O)n1. The van der Waals surface area contributed by atoms with Crippen molar-refractivity contribution in [3.8, 4) is 0 Å². The van der Waals surface area contributed by atoms with Crippen molar-refractivity contribution in [2.45, 2.75) is 31.0 Å². The highest BCUT2D eigenvalue weighted by molar-refractivity contribution is 7.45. The zero-order valence-electron chi connectivity index (χ0n) is 16.0. The van der Waals surface area contributed by atoms with Crippen LogP contribution < -0.4 is 16.3 Å². The van der Waals surface area contributed by atoms with Crippen LogP contribution in [-0.2, 0) is 23.1 Å². The van der Waals surface area contributed by atoms with Crippen LogP contribution in [-0.4, -0.2) is 62.4 Å². The van der Waals surface area contributed by atoms with Crippen molar-refractivity contribution >= 4 is 19.6 Å². The molecular formula is C17H21N3O10P-. The molecule has 1 saturated heterocycles. The van der Waals surface area contributed by atoms with E-state index in [4.69, 9.17) is 24.6 Å². The van der Waals surface area contributed by atoms with Crippen LogP contribution in [0.5, 0.6) is 0 Å². The highest BCUT2D eigenvalue weighted by Gasteiger charge is 2.53. The molecule has 1 aliphatic heterocycles. The van der Waals surface area contributed by atoms with Crippen molar-refractivity contribution in [2.75, 3.05) is 18.9 Å².